The molecule has 7 nitrogen and oxygen atoms in total. The summed E-state index contributed by atoms with van der Waals surface area (Å²) in [5, 5.41) is 1.97. The maximum absolute atomic E-state index is 13.0. The van der Waals surface area contributed by atoms with E-state index in [0.717, 1.165) is 19.3 Å². The molecule has 0 aromatic carbocycles. The van der Waals surface area contributed by atoms with Crippen LogP contribution in [0.3, 0.4) is 0 Å². The molecule has 0 radical (unpaired) electrons. The lowest BCUT2D eigenvalue weighted by atomic mass is 10.1. The third-order valence-corrected chi connectivity index (χ3v) is 6.97. The zero-order valence-electron chi connectivity index (χ0n) is 10.7. The van der Waals surface area contributed by atoms with E-state index in [1.807, 2.05) is 5.38 Å². The highest BCUT2D eigenvalue weighted by Gasteiger charge is 2.46. The summed E-state index contributed by atoms with van der Waals surface area (Å²) in [7, 11) is -3.57. The molecule has 2 aromatic heterocycles. The van der Waals surface area contributed by atoms with Gasteiger partial charge in [0.15, 0.2) is 10.8 Å². The van der Waals surface area contributed by atoms with Crippen molar-refractivity contribution >= 4 is 32.1 Å². The second-order valence-corrected chi connectivity index (χ2v) is 8.05. The Labute approximate surface area is 120 Å². The van der Waals surface area contributed by atoms with Gasteiger partial charge in [-0.05, 0) is 25.2 Å². The number of hydrogen-bond acceptors (Lipinski definition) is 6. The van der Waals surface area contributed by atoms with Crippen LogP contribution in [-0.4, -0.2) is 34.7 Å². The molecular formula is C11H15N5O2S2. The predicted octanol–water partition coefficient (Wildman–Crippen LogP) is 0.854. The lowest BCUT2D eigenvalue weighted by Crippen LogP contribution is -2.38. The van der Waals surface area contributed by atoms with Crippen molar-refractivity contribution in [3.63, 3.8) is 0 Å². The average molecular weight is 313 g/mol. The minimum Gasteiger partial charge on any atom is -0.306 e. The van der Waals surface area contributed by atoms with Crippen LogP contribution in [0.5, 0.6) is 0 Å². The molecule has 2 atom stereocenters. The van der Waals surface area contributed by atoms with Crippen LogP contribution in [0.2, 0.25) is 0 Å². The van der Waals surface area contributed by atoms with Crippen molar-refractivity contribution in [1.29, 1.82) is 0 Å². The number of imidazole rings is 1. The molecule has 3 heterocycles. The smallest absolute Gasteiger partial charge is 0.263 e. The van der Waals surface area contributed by atoms with Crippen molar-refractivity contribution in [3.05, 3.63) is 11.6 Å². The van der Waals surface area contributed by atoms with Gasteiger partial charge in [-0.2, -0.15) is 9.29 Å². The number of nitrogens with two attached hydrogens (primary N) is 1. The van der Waals surface area contributed by atoms with Gasteiger partial charge in [0, 0.05) is 24.2 Å². The van der Waals surface area contributed by atoms with Crippen molar-refractivity contribution in [2.75, 3.05) is 12.0 Å². The summed E-state index contributed by atoms with van der Waals surface area (Å²) >= 11 is 1.38. The summed E-state index contributed by atoms with van der Waals surface area (Å²) in [6, 6.07) is 0.139. The summed E-state index contributed by atoms with van der Waals surface area (Å²) < 4.78 is 29.1. The molecule has 0 spiro atoms. The van der Waals surface area contributed by atoms with E-state index in [1.54, 1.807) is 14.9 Å². The Morgan fingerprint density at radius 1 is 1.45 bits per heavy atom. The van der Waals surface area contributed by atoms with Gasteiger partial charge in [0.05, 0.1) is 0 Å². The van der Waals surface area contributed by atoms with Crippen LogP contribution in [0.4, 0.5) is 5.82 Å². The van der Waals surface area contributed by atoms with Crippen LogP contribution in [-0.2, 0) is 10.0 Å². The summed E-state index contributed by atoms with van der Waals surface area (Å²) in [4.78, 5) is 4.86. The number of sulfonamides is 1. The standard InChI is InChI=1S/C11H15N5O2S2/c12-14-9-10(15-3-4-19-11(15)13-9)20(17,18)16-6-7-1-2-8(16)5-7/h3-4,7-8,14H,1-2,5-6,12H2. The summed E-state index contributed by atoms with van der Waals surface area (Å²) in [5.74, 6) is 6.17. The first-order valence-corrected chi connectivity index (χ1v) is 8.87. The first kappa shape index (κ1) is 12.6. The van der Waals surface area contributed by atoms with Gasteiger partial charge in [-0.15, -0.1) is 11.3 Å². The minimum atomic E-state index is -3.57. The molecule has 3 N–H and O–H groups in total. The van der Waals surface area contributed by atoms with Crippen molar-refractivity contribution in [1.82, 2.24) is 13.7 Å². The SMILES string of the molecule is NNc1nc2sccn2c1S(=O)(=O)N1CC2CCC1C2. The maximum atomic E-state index is 13.0. The number of fused-ring (bicyclic) bond motifs is 3. The molecule has 9 heteroatoms. The van der Waals surface area contributed by atoms with Gasteiger partial charge in [0.25, 0.3) is 10.0 Å². The lowest BCUT2D eigenvalue weighted by molar-refractivity contribution is 0.332. The maximum Gasteiger partial charge on any atom is 0.263 e. The van der Waals surface area contributed by atoms with E-state index in [1.165, 1.54) is 11.3 Å². The van der Waals surface area contributed by atoms with E-state index in [4.69, 9.17) is 5.84 Å². The number of nitrogens with one attached hydrogen (secondary N) is 1. The van der Waals surface area contributed by atoms with Gasteiger partial charge >= 0.3 is 0 Å². The number of piperidine rings is 1. The number of nitrogen functional groups attached to an aromatic ring is 1. The summed E-state index contributed by atoms with van der Waals surface area (Å²) in [6.07, 6.45) is 4.80. The van der Waals surface area contributed by atoms with E-state index >= 15 is 0 Å². The molecule has 20 heavy (non-hydrogen) atoms. The second kappa shape index (κ2) is 4.17. The number of hydrogen-bond donors (Lipinski definition) is 2. The number of rotatable bonds is 3. The minimum absolute atomic E-state index is 0.139. The molecular weight excluding hydrogens is 298 g/mol. The Kier molecular flexibility index (Phi) is 2.62. The molecule has 2 aromatic rings. The fourth-order valence-electron chi connectivity index (χ4n) is 3.39. The first-order chi connectivity index (χ1) is 9.61. The van der Waals surface area contributed by atoms with Gasteiger partial charge in [0.1, 0.15) is 0 Å². The fraction of sp³-hybridized carbons (Fsp3) is 0.545. The Morgan fingerprint density at radius 2 is 2.30 bits per heavy atom. The first-order valence-electron chi connectivity index (χ1n) is 6.55. The highest BCUT2D eigenvalue weighted by molar-refractivity contribution is 7.89. The van der Waals surface area contributed by atoms with Gasteiger partial charge in [-0.3, -0.25) is 4.40 Å². The van der Waals surface area contributed by atoms with Crippen molar-refractivity contribution in [2.45, 2.75) is 30.3 Å². The molecule has 2 unspecified atom stereocenters. The van der Waals surface area contributed by atoms with Crippen molar-refractivity contribution in [2.24, 2.45) is 11.8 Å². The van der Waals surface area contributed by atoms with Crippen molar-refractivity contribution in [3.8, 4) is 0 Å². The largest absolute Gasteiger partial charge is 0.306 e. The van der Waals surface area contributed by atoms with E-state index in [0.29, 0.717) is 17.4 Å². The predicted molar refractivity (Wildman–Crippen MR) is 75.9 cm³/mol. The zero-order chi connectivity index (χ0) is 13.9. The molecule has 2 bridgehead atoms. The molecule has 4 rings (SSSR count). The van der Waals surface area contributed by atoms with Gasteiger partial charge in [0.2, 0.25) is 5.03 Å². The molecule has 1 aliphatic carbocycles. The monoisotopic (exact) mass is 313 g/mol. The van der Waals surface area contributed by atoms with Crippen LogP contribution >= 0.6 is 11.3 Å². The number of thiazole rings is 1. The molecule has 1 saturated carbocycles. The Balaban J connectivity index is 1.87. The quantitative estimate of drug-likeness (QED) is 0.647. The van der Waals surface area contributed by atoms with Gasteiger partial charge < -0.3 is 5.43 Å². The topological polar surface area (TPSA) is 92.7 Å². The Bertz CT molecular complexity index is 765. The van der Waals surface area contributed by atoms with Gasteiger partial charge in [-0.25, -0.2) is 14.3 Å². The van der Waals surface area contributed by atoms with Crippen molar-refractivity contribution < 1.29 is 8.42 Å². The number of nitrogens with zero attached hydrogens (tertiary/aromatic N) is 3. The van der Waals surface area contributed by atoms with Crippen LogP contribution < -0.4 is 11.3 Å². The van der Waals surface area contributed by atoms with E-state index in [2.05, 4.69) is 10.4 Å². The van der Waals surface area contributed by atoms with E-state index in [9.17, 15) is 8.42 Å². The molecule has 2 aliphatic rings. The lowest BCUT2D eigenvalue weighted by Gasteiger charge is -2.25. The highest BCUT2D eigenvalue weighted by atomic mass is 32.2. The average Bonchev–Trinajstić information content (AvgIpc) is 3.16. The van der Waals surface area contributed by atoms with Crippen LogP contribution in [0.15, 0.2) is 16.6 Å². The molecule has 1 saturated heterocycles. The molecule has 108 valence electrons. The third kappa shape index (κ3) is 1.57. The number of hydrazine groups is 1. The number of anilines is 1. The second-order valence-electron chi connectivity index (χ2n) is 5.37. The Hall–Kier alpha value is -1.16. The molecule has 2 fully saturated rings. The summed E-state index contributed by atoms with van der Waals surface area (Å²) in [5.41, 5.74) is 2.41. The van der Waals surface area contributed by atoms with Crippen LogP contribution in [0, 0.1) is 5.92 Å². The summed E-state index contributed by atoms with van der Waals surface area (Å²) in [6.45, 7) is 0.619. The Morgan fingerprint density at radius 3 is 2.95 bits per heavy atom. The fourth-order valence-corrected chi connectivity index (χ4v) is 6.12. The van der Waals surface area contributed by atoms with Crippen LogP contribution in [0.1, 0.15) is 19.3 Å². The third-order valence-electron chi connectivity index (χ3n) is 4.27. The molecule has 1 aliphatic heterocycles. The van der Waals surface area contributed by atoms with Crippen LogP contribution in [0.25, 0.3) is 4.96 Å². The van der Waals surface area contributed by atoms with E-state index < -0.39 is 10.0 Å². The number of aromatic nitrogens is 2. The molecule has 0 amide bonds. The highest BCUT2D eigenvalue weighted by Crippen LogP contribution is 2.41. The van der Waals surface area contributed by atoms with Gasteiger partial charge in [-0.1, -0.05) is 0 Å². The normalized spacial score (nSPS) is 26.6. The zero-order valence-corrected chi connectivity index (χ0v) is 12.3. The van der Waals surface area contributed by atoms with E-state index in [-0.39, 0.29) is 16.9 Å².